The van der Waals surface area contributed by atoms with Gasteiger partial charge in [0, 0.05) is 35.6 Å². The van der Waals surface area contributed by atoms with Crippen LogP contribution in [0.3, 0.4) is 0 Å². The van der Waals surface area contributed by atoms with Crippen molar-refractivity contribution in [1.82, 2.24) is 9.55 Å². The van der Waals surface area contributed by atoms with Gasteiger partial charge in [0.15, 0.2) is 0 Å². The largest absolute Gasteiger partial charge is 0.494 e. The van der Waals surface area contributed by atoms with Crippen LogP contribution in [-0.2, 0) is 11.3 Å². The number of rotatable bonds is 6. The number of nitrogens with zero attached hydrogens (tertiary/aromatic N) is 3. The third-order valence-electron chi connectivity index (χ3n) is 5.89. The third kappa shape index (κ3) is 4.02. The normalized spacial score (nSPS) is 16.1. The molecule has 1 aliphatic rings. The van der Waals surface area contributed by atoms with Crippen LogP contribution in [0, 0.1) is 0 Å². The Morgan fingerprint density at radius 3 is 2.53 bits per heavy atom. The summed E-state index contributed by atoms with van der Waals surface area (Å²) < 4.78 is 8.86. The maximum Gasteiger partial charge on any atom is 0.227 e. The second-order valence-corrected chi connectivity index (χ2v) is 8.92. The fourth-order valence-electron chi connectivity index (χ4n) is 4.36. The molecular weight excluding hydrogens is 466 g/mol. The topological polar surface area (TPSA) is 47.4 Å². The van der Waals surface area contributed by atoms with Crippen LogP contribution in [-0.4, -0.2) is 28.6 Å². The van der Waals surface area contributed by atoms with Gasteiger partial charge in [-0.3, -0.25) is 4.79 Å². The van der Waals surface area contributed by atoms with Gasteiger partial charge >= 0.3 is 0 Å². The summed E-state index contributed by atoms with van der Waals surface area (Å²) in [6.07, 6.45) is 0.455. The molecule has 4 aromatic rings. The Hall–Kier alpha value is -3.12. The minimum absolute atomic E-state index is 0.0388. The zero-order chi connectivity index (χ0) is 22.1. The zero-order valence-electron chi connectivity index (χ0n) is 17.9. The van der Waals surface area contributed by atoms with E-state index in [2.05, 4.69) is 50.8 Å². The van der Waals surface area contributed by atoms with Gasteiger partial charge in [-0.2, -0.15) is 0 Å². The first-order valence-electron chi connectivity index (χ1n) is 10.8. The lowest BCUT2D eigenvalue weighted by Crippen LogP contribution is -2.24. The Balaban J connectivity index is 1.46. The number of halogens is 1. The molecule has 1 fully saturated rings. The first-order valence-corrected chi connectivity index (χ1v) is 11.6. The number of anilines is 1. The average Bonchev–Trinajstić information content (AvgIpc) is 3.37. The monoisotopic (exact) mass is 489 g/mol. The van der Waals surface area contributed by atoms with E-state index in [-0.39, 0.29) is 11.8 Å². The van der Waals surface area contributed by atoms with E-state index < -0.39 is 0 Å². The molecule has 5 rings (SSSR count). The maximum absolute atomic E-state index is 12.9. The summed E-state index contributed by atoms with van der Waals surface area (Å²) in [4.78, 5) is 19.8. The molecule has 1 aromatic heterocycles. The lowest BCUT2D eigenvalue weighted by Gasteiger charge is -2.18. The molecule has 1 atom stereocenters. The first kappa shape index (κ1) is 20.8. The van der Waals surface area contributed by atoms with Crippen LogP contribution >= 0.6 is 15.9 Å². The summed E-state index contributed by atoms with van der Waals surface area (Å²) >= 11 is 3.51. The summed E-state index contributed by atoms with van der Waals surface area (Å²) in [5.74, 6) is 1.95. The van der Waals surface area contributed by atoms with Gasteiger partial charge in [-0.25, -0.2) is 4.98 Å². The van der Waals surface area contributed by atoms with E-state index in [9.17, 15) is 4.79 Å². The van der Waals surface area contributed by atoms with Crippen molar-refractivity contribution in [3.63, 3.8) is 0 Å². The van der Waals surface area contributed by atoms with Crippen LogP contribution < -0.4 is 9.64 Å². The summed E-state index contributed by atoms with van der Waals surface area (Å²) in [6, 6.07) is 24.3. The third-order valence-corrected chi connectivity index (χ3v) is 6.42. The van der Waals surface area contributed by atoms with Crippen molar-refractivity contribution in [3.05, 3.63) is 88.7 Å². The Labute approximate surface area is 195 Å². The van der Waals surface area contributed by atoms with Crippen molar-refractivity contribution in [1.29, 1.82) is 0 Å². The number of fused-ring (bicyclic) bond motifs is 1. The fraction of sp³-hybridized carbons (Fsp3) is 0.231. The molecule has 0 saturated carbocycles. The van der Waals surface area contributed by atoms with Gasteiger partial charge in [0.05, 0.1) is 17.6 Å². The van der Waals surface area contributed by atoms with Crippen molar-refractivity contribution in [2.45, 2.75) is 25.8 Å². The highest BCUT2D eigenvalue weighted by Gasteiger charge is 2.34. The molecule has 5 nitrogen and oxygen atoms in total. The number of carbonyl (C=O) groups excluding carboxylic acids is 1. The van der Waals surface area contributed by atoms with Gasteiger partial charge in [0.25, 0.3) is 0 Å². The van der Waals surface area contributed by atoms with E-state index in [0.717, 1.165) is 39.3 Å². The van der Waals surface area contributed by atoms with Gasteiger partial charge < -0.3 is 14.2 Å². The molecule has 32 heavy (non-hydrogen) atoms. The smallest absolute Gasteiger partial charge is 0.227 e. The number of imidazole rings is 1. The second kappa shape index (κ2) is 8.79. The van der Waals surface area contributed by atoms with E-state index in [1.54, 1.807) is 0 Å². The van der Waals surface area contributed by atoms with Crippen molar-refractivity contribution in [2.24, 2.45) is 0 Å². The zero-order valence-corrected chi connectivity index (χ0v) is 19.5. The Kier molecular flexibility index (Phi) is 5.70. The molecule has 1 saturated heterocycles. The molecule has 0 radical (unpaired) electrons. The quantitative estimate of drug-likeness (QED) is 0.345. The van der Waals surface area contributed by atoms with E-state index in [1.165, 1.54) is 5.56 Å². The SMILES string of the molecule is CCOc1ccc(N2CC(c3nc4ccccc4n3Cc3ccc(Br)cc3)CC2=O)cc1. The predicted molar refractivity (Wildman–Crippen MR) is 130 cm³/mol. The molecule has 0 aliphatic carbocycles. The molecule has 6 heteroatoms. The molecule has 1 aliphatic heterocycles. The van der Waals surface area contributed by atoms with Gasteiger partial charge in [-0.05, 0) is 61.0 Å². The number of amides is 1. The highest BCUT2D eigenvalue weighted by Crippen LogP contribution is 2.34. The predicted octanol–water partition coefficient (Wildman–Crippen LogP) is 5.77. The fourth-order valence-corrected chi connectivity index (χ4v) is 4.63. The molecule has 0 spiro atoms. The lowest BCUT2D eigenvalue weighted by molar-refractivity contribution is -0.117. The highest BCUT2D eigenvalue weighted by molar-refractivity contribution is 9.10. The number of ether oxygens (including phenoxy) is 1. The van der Waals surface area contributed by atoms with E-state index in [1.807, 2.05) is 54.3 Å². The number of hydrogen-bond donors (Lipinski definition) is 0. The minimum atomic E-state index is 0.0388. The van der Waals surface area contributed by atoms with Crippen LogP contribution in [0.5, 0.6) is 5.75 Å². The average molecular weight is 490 g/mol. The molecular formula is C26H24BrN3O2. The summed E-state index contributed by atoms with van der Waals surface area (Å²) in [5.41, 5.74) is 4.16. The van der Waals surface area contributed by atoms with Gasteiger partial charge in [-0.1, -0.05) is 40.2 Å². The molecule has 1 unspecified atom stereocenters. The maximum atomic E-state index is 12.9. The van der Waals surface area contributed by atoms with Crippen LogP contribution in [0.25, 0.3) is 11.0 Å². The van der Waals surface area contributed by atoms with E-state index >= 15 is 0 Å². The lowest BCUT2D eigenvalue weighted by atomic mass is 10.1. The number of aromatic nitrogens is 2. The van der Waals surface area contributed by atoms with Crippen LogP contribution in [0.1, 0.15) is 30.7 Å². The van der Waals surface area contributed by atoms with Gasteiger partial charge in [0.1, 0.15) is 11.6 Å². The Morgan fingerprint density at radius 1 is 1.03 bits per heavy atom. The van der Waals surface area contributed by atoms with E-state index in [0.29, 0.717) is 19.6 Å². The first-order chi connectivity index (χ1) is 15.6. The molecule has 2 heterocycles. The number of benzene rings is 3. The van der Waals surface area contributed by atoms with Crippen molar-refractivity contribution >= 4 is 38.6 Å². The molecule has 162 valence electrons. The highest BCUT2D eigenvalue weighted by atomic mass is 79.9. The summed E-state index contributed by atoms with van der Waals surface area (Å²) in [7, 11) is 0. The van der Waals surface area contributed by atoms with Crippen LogP contribution in [0.15, 0.2) is 77.3 Å². The Morgan fingerprint density at radius 2 is 1.78 bits per heavy atom. The number of carbonyl (C=O) groups is 1. The van der Waals surface area contributed by atoms with Crippen molar-refractivity contribution in [2.75, 3.05) is 18.1 Å². The Bertz CT molecular complexity index is 1250. The number of hydrogen-bond acceptors (Lipinski definition) is 3. The van der Waals surface area contributed by atoms with Gasteiger partial charge in [-0.15, -0.1) is 0 Å². The molecule has 3 aromatic carbocycles. The van der Waals surface area contributed by atoms with Crippen molar-refractivity contribution < 1.29 is 9.53 Å². The minimum Gasteiger partial charge on any atom is -0.494 e. The van der Waals surface area contributed by atoms with Gasteiger partial charge in [0.2, 0.25) is 5.91 Å². The molecule has 0 bridgehead atoms. The van der Waals surface area contributed by atoms with Crippen LogP contribution in [0.2, 0.25) is 0 Å². The van der Waals surface area contributed by atoms with Crippen LogP contribution in [0.4, 0.5) is 5.69 Å². The second-order valence-electron chi connectivity index (χ2n) is 8.00. The standard InChI is InChI=1S/C26H24BrN3O2/c1-2-32-22-13-11-21(12-14-22)29-17-19(15-25(29)31)26-28-23-5-3-4-6-24(23)30(26)16-18-7-9-20(27)10-8-18/h3-14,19H,2,15-17H2,1H3. The molecule has 1 amide bonds. The summed E-state index contributed by atoms with van der Waals surface area (Å²) in [5, 5.41) is 0. The number of para-hydroxylation sites is 2. The molecule has 0 N–H and O–H groups in total. The summed E-state index contributed by atoms with van der Waals surface area (Å²) in [6.45, 7) is 3.93. The van der Waals surface area contributed by atoms with E-state index in [4.69, 9.17) is 9.72 Å². The van der Waals surface area contributed by atoms with Crippen molar-refractivity contribution in [3.8, 4) is 5.75 Å².